The molecule has 0 aromatic carbocycles. The van der Waals surface area contributed by atoms with Crippen molar-refractivity contribution < 1.29 is 9.53 Å². The van der Waals surface area contributed by atoms with E-state index >= 15 is 0 Å². The van der Waals surface area contributed by atoms with Crippen LogP contribution in [0.4, 0.5) is 0 Å². The smallest absolute Gasteiger partial charge is 0.333 e. The van der Waals surface area contributed by atoms with Gasteiger partial charge in [0.2, 0.25) is 0 Å². The van der Waals surface area contributed by atoms with Gasteiger partial charge in [-0.15, -0.1) is 6.58 Å². The highest BCUT2D eigenvalue weighted by Crippen LogP contribution is 2.13. The van der Waals surface area contributed by atoms with E-state index in [-0.39, 0.29) is 5.97 Å². The van der Waals surface area contributed by atoms with Gasteiger partial charge in [-0.2, -0.15) is 0 Å². The first-order chi connectivity index (χ1) is 13.2. The molecule has 2 nitrogen and oxygen atoms in total. The Morgan fingerprint density at radius 3 is 1.56 bits per heavy atom. The number of hydrogen-bond acceptors (Lipinski definition) is 2. The fourth-order valence-electron chi connectivity index (χ4n) is 3.27. The van der Waals surface area contributed by atoms with Gasteiger partial charge >= 0.3 is 5.97 Å². The highest BCUT2D eigenvalue weighted by atomic mass is 16.5. The minimum Gasteiger partial charge on any atom is -0.462 e. The zero-order valence-electron chi connectivity index (χ0n) is 18.4. The molecule has 0 bridgehead atoms. The third kappa shape index (κ3) is 19.5. The van der Waals surface area contributed by atoms with Crippen molar-refractivity contribution in [2.24, 2.45) is 0 Å². The summed E-state index contributed by atoms with van der Waals surface area (Å²) in [6.45, 7) is 8.28. The summed E-state index contributed by atoms with van der Waals surface area (Å²) in [7, 11) is 0. The van der Waals surface area contributed by atoms with Gasteiger partial charge in [0, 0.05) is 5.57 Å². The Labute approximate surface area is 169 Å². The van der Waals surface area contributed by atoms with E-state index in [4.69, 9.17) is 4.74 Å². The lowest BCUT2D eigenvalue weighted by molar-refractivity contribution is -0.139. The molecule has 0 fully saturated rings. The molecule has 27 heavy (non-hydrogen) atoms. The Bertz CT molecular complexity index is 371. The lowest BCUT2D eigenvalue weighted by Gasteiger charge is -2.05. The molecule has 0 heterocycles. The summed E-state index contributed by atoms with van der Waals surface area (Å²) < 4.78 is 5.28. The Hall–Kier alpha value is -1.05. The van der Waals surface area contributed by atoms with Gasteiger partial charge in [-0.25, -0.2) is 4.79 Å². The molecule has 0 rings (SSSR count). The first-order valence-electron chi connectivity index (χ1n) is 11.7. The average Bonchev–Trinajstić information content (AvgIpc) is 2.68. The molecule has 0 saturated heterocycles. The normalized spacial score (nSPS) is 11.6. The molecule has 0 aliphatic carbocycles. The number of carbonyl (C=O) groups excluding carboxylic acids is 1. The molecule has 0 N–H and O–H groups in total. The number of allylic oxidation sites excluding steroid dienone is 2. The second-order valence-electron chi connectivity index (χ2n) is 7.85. The Balaban J connectivity index is 3.21. The quantitative estimate of drug-likeness (QED) is 0.0921. The lowest BCUT2D eigenvalue weighted by Crippen LogP contribution is -2.07. The largest absolute Gasteiger partial charge is 0.462 e. The zero-order valence-corrected chi connectivity index (χ0v) is 18.4. The Kier molecular flexibility index (Phi) is 20.4. The van der Waals surface area contributed by atoms with Crippen molar-refractivity contribution in [3.8, 4) is 0 Å². The van der Waals surface area contributed by atoms with Crippen LogP contribution < -0.4 is 0 Å². The molecule has 158 valence electrons. The molecular weight excluding hydrogens is 332 g/mol. The maximum Gasteiger partial charge on any atom is 0.333 e. The van der Waals surface area contributed by atoms with Crippen LogP contribution in [0.25, 0.3) is 0 Å². The van der Waals surface area contributed by atoms with Crippen LogP contribution in [0, 0.1) is 0 Å². The van der Waals surface area contributed by atoms with Crippen molar-refractivity contribution in [1.82, 2.24) is 0 Å². The van der Waals surface area contributed by atoms with Crippen LogP contribution in [-0.2, 0) is 9.53 Å². The number of hydrogen-bond donors (Lipinski definition) is 0. The van der Waals surface area contributed by atoms with Gasteiger partial charge in [-0.05, 0) is 19.8 Å². The van der Waals surface area contributed by atoms with E-state index in [9.17, 15) is 4.79 Å². The summed E-state index contributed by atoms with van der Waals surface area (Å²) in [6.07, 6.45) is 26.1. The predicted octanol–water partition coefficient (Wildman–Crippen LogP) is 8.31. The summed E-state index contributed by atoms with van der Waals surface area (Å²) in [5.41, 5.74) is 0.686. The molecule has 0 atom stereocenters. The zero-order chi connectivity index (χ0) is 20.0. The average molecular weight is 379 g/mol. The van der Waals surface area contributed by atoms with Crippen molar-refractivity contribution in [3.63, 3.8) is 0 Å². The van der Waals surface area contributed by atoms with Crippen molar-refractivity contribution >= 4 is 5.97 Å². The van der Waals surface area contributed by atoms with E-state index in [0.717, 1.165) is 12.8 Å². The van der Waals surface area contributed by atoms with Crippen LogP contribution in [0.15, 0.2) is 24.3 Å². The molecular formula is C25H46O2. The molecule has 0 aliphatic heterocycles. The molecule has 0 aliphatic rings. The third-order valence-electron chi connectivity index (χ3n) is 5.14. The molecule has 0 radical (unpaired) electrons. The van der Waals surface area contributed by atoms with Crippen molar-refractivity contribution in [2.45, 2.75) is 123 Å². The van der Waals surface area contributed by atoms with Crippen LogP contribution in [0.5, 0.6) is 0 Å². The minimum absolute atomic E-state index is 0.183. The summed E-state index contributed by atoms with van der Waals surface area (Å²) in [5.74, 6) is -0.183. The number of rotatable bonds is 20. The summed E-state index contributed by atoms with van der Waals surface area (Å²) in [4.78, 5) is 11.7. The maximum absolute atomic E-state index is 11.7. The first kappa shape index (κ1) is 26.0. The number of ether oxygens (including phenoxy) is 1. The Morgan fingerprint density at radius 2 is 1.15 bits per heavy atom. The monoisotopic (exact) mass is 378 g/mol. The second-order valence-corrected chi connectivity index (χ2v) is 7.85. The van der Waals surface area contributed by atoms with E-state index < -0.39 is 0 Å². The van der Waals surface area contributed by atoms with Gasteiger partial charge in [-0.1, -0.05) is 115 Å². The van der Waals surface area contributed by atoms with E-state index in [2.05, 4.69) is 13.5 Å². The van der Waals surface area contributed by atoms with Gasteiger partial charge in [0.15, 0.2) is 0 Å². The predicted molar refractivity (Wildman–Crippen MR) is 119 cm³/mol. The van der Waals surface area contributed by atoms with Crippen LogP contribution in [0.2, 0.25) is 0 Å². The van der Waals surface area contributed by atoms with Crippen molar-refractivity contribution in [2.75, 3.05) is 6.61 Å². The first-order valence-corrected chi connectivity index (χ1v) is 11.7. The third-order valence-corrected chi connectivity index (χ3v) is 5.14. The molecule has 2 heteroatoms. The fourth-order valence-corrected chi connectivity index (χ4v) is 3.27. The Morgan fingerprint density at radius 1 is 0.741 bits per heavy atom. The molecule has 0 unspecified atom stereocenters. The number of esters is 1. The highest BCUT2D eigenvalue weighted by Gasteiger charge is 2.04. The van der Waals surface area contributed by atoms with E-state index in [1.165, 1.54) is 96.3 Å². The highest BCUT2D eigenvalue weighted by molar-refractivity contribution is 5.87. The molecule has 0 spiro atoms. The molecule has 0 amide bonds. The summed E-state index contributed by atoms with van der Waals surface area (Å²) in [6, 6.07) is 0. The standard InChI is InChI=1S/C25H46O2/c1-4-6-8-9-10-11-12-13-14-15-16-17-18-19-20-21-23-27-25(26)24(3)22-7-5-2/h5,22H,2,4,6-21,23H2,1,3H3. The van der Waals surface area contributed by atoms with E-state index in [1.807, 2.05) is 6.08 Å². The minimum atomic E-state index is -0.183. The maximum atomic E-state index is 11.7. The molecule has 0 saturated carbocycles. The molecule has 0 aromatic rings. The molecule has 0 aromatic heterocycles. The summed E-state index contributed by atoms with van der Waals surface area (Å²) >= 11 is 0. The lowest BCUT2D eigenvalue weighted by atomic mass is 10.0. The van der Waals surface area contributed by atoms with Gasteiger partial charge in [0.05, 0.1) is 6.61 Å². The van der Waals surface area contributed by atoms with Crippen molar-refractivity contribution in [3.05, 3.63) is 24.3 Å². The topological polar surface area (TPSA) is 26.3 Å². The second kappa shape index (κ2) is 21.3. The van der Waals surface area contributed by atoms with Gasteiger partial charge in [0.1, 0.15) is 0 Å². The number of unbranched alkanes of at least 4 members (excludes halogenated alkanes) is 15. The van der Waals surface area contributed by atoms with Crippen LogP contribution in [-0.4, -0.2) is 12.6 Å². The number of carbonyl (C=O) groups is 1. The van der Waals surface area contributed by atoms with Crippen molar-refractivity contribution in [1.29, 1.82) is 0 Å². The van der Waals surface area contributed by atoms with Gasteiger partial charge < -0.3 is 4.74 Å². The van der Waals surface area contributed by atoms with Crippen LogP contribution in [0.1, 0.15) is 123 Å². The van der Waals surface area contributed by atoms with Crippen LogP contribution >= 0.6 is 0 Å². The van der Waals surface area contributed by atoms with E-state index in [1.54, 1.807) is 13.0 Å². The van der Waals surface area contributed by atoms with Crippen LogP contribution in [0.3, 0.4) is 0 Å². The van der Waals surface area contributed by atoms with E-state index in [0.29, 0.717) is 12.2 Å². The fraction of sp³-hybridized carbons (Fsp3) is 0.800. The summed E-state index contributed by atoms with van der Waals surface area (Å²) in [5, 5.41) is 0. The SMILES string of the molecule is C=CCC=C(C)C(=O)OCCCCCCCCCCCCCCCCCC. The van der Waals surface area contributed by atoms with Gasteiger partial charge in [-0.3, -0.25) is 0 Å². The van der Waals surface area contributed by atoms with Gasteiger partial charge in [0.25, 0.3) is 0 Å².